The molecule has 4 rings (SSSR count). The highest BCUT2D eigenvalue weighted by molar-refractivity contribution is 6.20. The van der Waals surface area contributed by atoms with Gasteiger partial charge in [-0.3, -0.25) is 24.3 Å². The van der Waals surface area contributed by atoms with Crippen LogP contribution < -0.4 is 5.32 Å². The third-order valence-corrected chi connectivity index (χ3v) is 4.64. The molecule has 1 aliphatic rings. The van der Waals surface area contributed by atoms with Crippen molar-refractivity contribution in [2.24, 2.45) is 0 Å². The number of imide groups is 1. The van der Waals surface area contributed by atoms with Gasteiger partial charge in [0.15, 0.2) is 0 Å². The third kappa shape index (κ3) is 3.48. The molecule has 1 aliphatic heterocycles. The number of amides is 3. The Morgan fingerprint density at radius 2 is 1.96 bits per heavy atom. The van der Waals surface area contributed by atoms with Crippen molar-refractivity contribution >= 4 is 28.8 Å². The van der Waals surface area contributed by atoms with Gasteiger partial charge in [-0.1, -0.05) is 12.1 Å². The van der Waals surface area contributed by atoms with Crippen LogP contribution in [0.4, 0.5) is 0 Å². The molecule has 142 valence electrons. The Balaban J connectivity index is 1.21. The van der Waals surface area contributed by atoms with E-state index in [4.69, 9.17) is 0 Å². The topological polar surface area (TPSA) is 108 Å². The summed E-state index contributed by atoms with van der Waals surface area (Å²) in [5.74, 6) is -0.0462. The number of nitrogens with one attached hydrogen (secondary N) is 2. The third-order valence-electron chi connectivity index (χ3n) is 4.64. The highest BCUT2D eigenvalue weighted by Gasteiger charge is 2.36. The number of rotatable bonds is 7. The van der Waals surface area contributed by atoms with Crippen LogP contribution in [0.15, 0.2) is 42.6 Å². The smallest absolute Gasteiger partial charge is 0.280 e. The first-order chi connectivity index (χ1) is 13.6. The SMILES string of the molecule is O=C(CCCN1C(=O)c2cccnc2C1=O)NCCc1nc2ccccc2[nH]1. The van der Waals surface area contributed by atoms with Gasteiger partial charge in [0.05, 0.1) is 16.6 Å². The minimum Gasteiger partial charge on any atom is -0.356 e. The Morgan fingerprint density at radius 1 is 1.11 bits per heavy atom. The van der Waals surface area contributed by atoms with Gasteiger partial charge in [-0.15, -0.1) is 0 Å². The van der Waals surface area contributed by atoms with E-state index in [0.717, 1.165) is 21.8 Å². The molecule has 0 saturated carbocycles. The maximum absolute atomic E-state index is 12.2. The van der Waals surface area contributed by atoms with Crippen LogP contribution >= 0.6 is 0 Å². The zero-order chi connectivity index (χ0) is 19.5. The van der Waals surface area contributed by atoms with E-state index in [9.17, 15) is 14.4 Å². The van der Waals surface area contributed by atoms with Crippen LogP contribution in [0.5, 0.6) is 0 Å². The van der Waals surface area contributed by atoms with Gasteiger partial charge in [0.25, 0.3) is 11.8 Å². The number of H-pyrrole nitrogens is 1. The summed E-state index contributed by atoms with van der Waals surface area (Å²) < 4.78 is 0. The Labute approximate surface area is 161 Å². The monoisotopic (exact) mass is 377 g/mol. The van der Waals surface area contributed by atoms with Gasteiger partial charge in [0, 0.05) is 32.1 Å². The van der Waals surface area contributed by atoms with Crippen molar-refractivity contribution in [2.45, 2.75) is 19.3 Å². The summed E-state index contributed by atoms with van der Waals surface area (Å²) in [6, 6.07) is 11.0. The molecule has 0 bridgehead atoms. The predicted octanol–water partition coefficient (Wildman–Crippen LogP) is 1.69. The molecule has 0 aliphatic carbocycles. The minimum absolute atomic E-state index is 0.120. The second-order valence-corrected chi connectivity index (χ2v) is 6.57. The van der Waals surface area contributed by atoms with E-state index in [1.54, 1.807) is 12.1 Å². The molecule has 2 N–H and O–H groups in total. The van der Waals surface area contributed by atoms with Gasteiger partial charge in [0.1, 0.15) is 11.5 Å². The fraction of sp³-hybridized carbons (Fsp3) is 0.250. The van der Waals surface area contributed by atoms with Crippen molar-refractivity contribution in [3.63, 3.8) is 0 Å². The molecule has 0 unspecified atom stereocenters. The van der Waals surface area contributed by atoms with E-state index in [1.165, 1.54) is 6.20 Å². The molecule has 0 radical (unpaired) electrons. The van der Waals surface area contributed by atoms with E-state index >= 15 is 0 Å². The normalized spacial score (nSPS) is 13.2. The number of carbonyl (C=O) groups is 3. The summed E-state index contributed by atoms with van der Waals surface area (Å²) in [6.45, 7) is 0.667. The molecule has 0 atom stereocenters. The van der Waals surface area contributed by atoms with Crippen molar-refractivity contribution in [1.82, 2.24) is 25.2 Å². The molecule has 1 aromatic carbocycles. The number of benzene rings is 1. The molecule has 0 fully saturated rings. The van der Waals surface area contributed by atoms with Crippen LogP contribution in [0.2, 0.25) is 0 Å². The summed E-state index contributed by atoms with van der Waals surface area (Å²) in [5, 5.41) is 2.84. The lowest BCUT2D eigenvalue weighted by molar-refractivity contribution is -0.121. The van der Waals surface area contributed by atoms with Crippen LogP contribution in [0, 0.1) is 0 Å². The van der Waals surface area contributed by atoms with Crippen molar-refractivity contribution in [3.8, 4) is 0 Å². The number of hydrogen-bond donors (Lipinski definition) is 2. The highest BCUT2D eigenvalue weighted by Crippen LogP contribution is 2.20. The number of fused-ring (bicyclic) bond motifs is 2. The van der Waals surface area contributed by atoms with E-state index < -0.39 is 5.91 Å². The van der Waals surface area contributed by atoms with Gasteiger partial charge >= 0.3 is 0 Å². The largest absolute Gasteiger partial charge is 0.356 e. The summed E-state index contributed by atoms with van der Waals surface area (Å²) in [6.07, 6.45) is 2.73. The molecule has 8 nitrogen and oxygen atoms in total. The van der Waals surface area contributed by atoms with Gasteiger partial charge in [-0.05, 0) is 30.7 Å². The number of hydrogen-bond acceptors (Lipinski definition) is 5. The Morgan fingerprint density at radius 3 is 2.79 bits per heavy atom. The Kier molecular flexibility index (Phi) is 4.84. The lowest BCUT2D eigenvalue weighted by atomic mass is 10.2. The number of para-hydroxylation sites is 2. The molecule has 2 aromatic heterocycles. The van der Waals surface area contributed by atoms with E-state index in [1.807, 2.05) is 24.3 Å². The number of nitrogens with zero attached hydrogens (tertiary/aromatic N) is 3. The summed E-state index contributed by atoms with van der Waals surface area (Å²) in [4.78, 5) is 49.3. The summed E-state index contributed by atoms with van der Waals surface area (Å²) in [7, 11) is 0. The maximum Gasteiger partial charge on any atom is 0.280 e. The fourth-order valence-corrected chi connectivity index (χ4v) is 3.25. The molecular formula is C20H19N5O3. The van der Waals surface area contributed by atoms with Crippen molar-refractivity contribution in [3.05, 3.63) is 59.7 Å². The first-order valence-corrected chi connectivity index (χ1v) is 9.15. The van der Waals surface area contributed by atoms with Gasteiger partial charge in [0.2, 0.25) is 5.91 Å². The van der Waals surface area contributed by atoms with Crippen molar-refractivity contribution in [1.29, 1.82) is 0 Å². The van der Waals surface area contributed by atoms with E-state index in [2.05, 4.69) is 20.3 Å². The standard InChI is InChI=1S/C20H19N5O3/c26-17(21-11-9-16-23-14-6-1-2-7-15(14)24-16)8-4-12-25-19(27)13-5-3-10-22-18(13)20(25)28/h1-3,5-7,10H,4,8-9,11-12H2,(H,21,26)(H,23,24). The number of aromatic nitrogens is 3. The number of pyridine rings is 1. The molecule has 0 spiro atoms. The summed E-state index contributed by atoms with van der Waals surface area (Å²) >= 11 is 0. The highest BCUT2D eigenvalue weighted by atomic mass is 16.2. The van der Waals surface area contributed by atoms with Crippen LogP contribution in [0.1, 0.15) is 39.5 Å². The van der Waals surface area contributed by atoms with Gasteiger partial charge < -0.3 is 10.3 Å². The molecule has 3 heterocycles. The van der Waals surface area contributed by atoms with Crippen LogP contribution in [0.3, 0.4) is 0 Å². The first kappa shape index (κ1) is 17.8. The zero-order valence-electron chi connectivity index (χ0n) is 15.1. The van der Waals surface area contributed by atoms with Gasteiger partial charge in [-0.25, -0.2) is 4.98 Å². The average molecular weight is 377 g/mol. The fourth-order valence-electron chi connectivity index (χ4n) is 3.25. The Hall–Kier alpha value is -3.55. The average Bonchev–Trinajstić information content (AvgIpc) is 3.22. The molecule has 8 heteroatoms. The van der Waals surface area contributed by atoms with Crippen molar-refractivity contribution < 1.29 is 14.4 Å². The molecule has 3 amide bonds. The maximum atomic E-state index is 12.2. The molecular weight excluding hydrogens is 358 g/mol. The second-order valence-electron chi connectivity index (χ2n) is 6.57. The quantitative estimate of drug-likeness (QED) is 0.609. The second kappa shape index (κ2) is 7.59. The number of imidazole rings is 1. The predicted molar refractivity (Wildman–Crippen MR) is 102 cm³/mol. The molecule has 28 heavy (non-hydrogen) atoms. The summed E-state index contributed by atoms with van der Waals surface area (Å²) in [5.41, 5.74) is 2.38. The molecule has 3 aromatic rings. The van der Waals surface area contributed by atoms with E-state index in [0.29, 0.717) is 24.9 Å². The van der Waals surface area contributed by atoms with E-state index in [-0.39, 0.29) is 30.5 Å². The Bertz CT molecular complexity index is 991. The number of aromatic amines is 1. The first-order valence-electron chi connectivity index (χ1n) is 9.15. The van der Waals surface area contributed by atoms with Crippen LogP contribution in [0.25, 0.3) is 11.0 Å². The lowest BCUT2D eigenvalue weighted by Crippen LogP contribution is -2.32. The van der Waals surface area contributed by atoms with Crippen LogP contribution in [-0.4, -0.2) is 50.7 Å². The minimum atomic E-state index is -0.397. The molecule has 0 saturated heterocycles. The number of carbonyl (C=O) groups excluding carboxylic acids is 3. The zero-order valence-corrected chi connectivity index (χ0v) is 15.1. The van der Waals surface area contributed by atoms with Gasteiger partial charge in [-0.2, -0.15) is 0 Å². The van der Waals surface area contributed by atoms with Crippen LogP contribution in [-0.2, 0) is 11.2 Å². The lowest BCUT2D eigenvalue weighted by Gasteiger charge is -2.13. The van der Waals surface area contributed by atoms with Crippen molar-refractivity contribution in [2.75, 3.05) is 13.1 Å².